The molecular weight excluding hydrogens is 215 g/mol. The molecule has 0 fully saturated rings. The third kappa shape index (κ3) is 4.81. The van der Waals surface area contributed by atoms with Crippen molar-refractivity contribution in [1.82, 2.24) is 0 Å². The summed E-state index contributed by atoms with van der Waals surface area (Å²) in [5, 5.41) is 8.89. The Kier molecular flexibility index (Phi) is 5.15. The first-order valence-electron chi connectivity index (χ1n) is 4.38. The Balaban J connectivity index is 2.52. The summed E-state index contributed by atoms with van der Waals surface area (Å²) < 4.78 is 14.6. The molecule has 2 N–H and O–H groups in total. The number of rotatable bonds is 5. The smallest absolute Gasteiger partial charge is 0.392 e. The van der Waals surface area contributed by atoms with Crippen LogP contribution in [0.5, 0.6) is 0 Å². The lowest BCUT2D eigenvalue weighted by Crippen LogP contribution is -1.83. The molecule has 4 nitrogen and oxygen atoms in total. The maximum absolute atomic E-state index is 10.2. The minimum Gasteiger partial charge on any atom is -0.392 e. The molecular formula is C10H12O4P+. The highest BCUT2D eigenvalue weighted by atomic mass is 31.1. The van der Waals surface area contributed by atoms with Gasteiger partial charge in [0.2, 0.25) is 0 Å². The monoisotopic (exact) mass is 227 g/mol. The molecule has 0 aliphatic carbocycles. The summed E-state index contributed by atoms with van der Waals surface area (Å²) in [6.45, 7) is 0.0930. The number of aliphatic hydroxyl groups is 1. The van der Waals surface area contributed by atoms with Crippen molar-refractivity contribution in [3.8, 4) is 0 Å². The molecule has 0 saturated carbocycles. The molecule has 0 radical (unpaired) electrons. The highest BCUT2D eigenvalue weighted by Crippen LogP contribution is 2.14. The average Bonchev–Trinajstić information content (AvgIpc) is 2.24. The van der Waals surface area contributed by atoms with Crippen molar-refractivity contribution in [1.29, 1.82) is 0 Å². The predicted octanol–water partition coefficient (Wildman–Crippen LogP) is 1.86. The van der Waals surface area contributed by atoms with Crippen LogP contribution < -0.4 is 0 Å². The fourth-order valence-electron chi connectivity index (χ4n) is 1.09. The van der Waals surface area contributed by atoms with E-state index in [9.17, 15) is 4.57 Å². The van der Waals surface area contributed by atoms with E-state index in [-0.39, 0.29) is 13.2 Å². The largest absolute Gasteiger partial charge is 0.695 e. The molecule has 1 unspecified atom stereocenters. The number of benzene rings is 1. The summed E-state index contributed by atoms with van der Waals surface area (Å²) in [6, 6.07) is 7.35. The van der Waals surface area contributed by atoms with Gasteiger partial charge in [0.25, 0.3) is 0 Å². The Hall–Kier alpha value is -1.06. The summed E-state index contributed by atoms with van der Waals surface area (Å²) in [6.07, 6.45) is 3.40. The average molecular weight is 227 g/mol. The summed E-state index contributed by atoms with van der Waals surface area (Å²) in [5.74, 6) is 0. The van der Waals surface area contributed by atoms with E-state index < -0.39 is 8.25 Å². The Morgan fingerprint density at radius 2 is 2.27 bits per heavy atom. The topological polar surface area (TPSA) is 66.8 Å². The first kappa shape index (κ1) is 12.0. The molecule has 0 aliphatic rings. The van der Waals surface area contributed by atoms with Crippen molar-refractivity contribution >= 4 is 14.3 Å². The zero-order valence-corrected chi connectivity index (χ0v) is 8.93. The van der Waals surface area contributed by atoms with E-state index >= 15 is 0 Å². The van der Waals surface area contributed by atoms with E-state index in [1.165, 1.54) is 0 Å². The SMILES string of the molecule is O=[P+](O)OCC=Cc1cccc(CO)c1. The molecule has 5 heteroatoms. The number of aliphatic hydroxyl groups excluding tert-OH is 1. The fourth-order valence-corrected chi connectivity index (χ4v) is 1.30. The Morgan fingerprint density at radius 3 is 2.93 bits per heavy atom. The minimum absolute atomic E-state index is 0.000675. The Bertz CT molecular complexity index is 362. The van der Waals surface area contributed by atoms with Crippen molar-refractivity contribution in [2.24, 2.45) is 0 Å². The van der Waals surface area contributed by atoms with E-state index in [2.05, 4.69) is 4.52 Å². The molecule has 80 valence electrons. The first-order valence-corrected chi connectivity index (χ1v) is 5.51. The summed E-state index contributed by atoms with van der Waals surface area (Å²) in [4.78, 5) is 8.35. The Morgan fingerprint density at radius 1 is 1.47 bits per heavy atom. The van der Waals surface area contributed by atoms with Gasteiger partial charge in [-0.1, -0.05) is 30.4 Å². The van der Waals surface area contributed by atoms with Crippen molar-refractivity contribution in [2.45, 2.75) is 6.61 Å². The van der Waals surface area contributed by atoms with Gasteiger partial charge in [-0.3, -0.25) is 0 Å². The van der Waals surface area contributed by atoms with Gasteiger partial charge in [-0.2, -0.15) is 0 Å². The maximum atomic E-state index is 10.2. The second kappa shape index (κ2) is 6.43. The van der Waals surface area contributed by atoms with E-state index in [1.54, 1.807) is 12.2 Å². The zero-order chi connectivity index (χ0) is 11.1. The van der Waals surface area contributed by atoms with Gasteiger partial charge in [0.05, 0.1) is 6.61 Å². The molecule has 0 heterocycles. The quantitative estimate of drug-likeness (QED) is 0.753. The van der Waals surface area contributed by atoms with Crippen molar-refractivity contribution in [3.05, 3.63) is 41.5 Å². The molecule has 1 rings (SSSR count). The third-order valence-electron chi connectivity index (χ3n) is 1.73. The first-order chi connectivity index (χ1) is 7.22. The molecule has 0 amide bonds. The molecule has 15 heavy (non-hydrogen) atoms. The van der Waals surface area contributed by atoms with Gasteiger partial charge in [-0.25, -0.2) is 0 Å². The van der Waals surface area contributed by atoms with Gasteiger partial charge in [0.15, 0.2) is 0 Å². The molecule has 1 aromatic rings. The lowest BCUT2D eigenvalue weighted by molar-refractivity contribution is 0.282. The van der Waals surface area contributed by atoms with Crippen LogP contribution in [0.4, 0.5) is 0 Å². The van der Waals surface area contributed by atoms with Crippen LogP contribution in [0.2, 0.25) is 0 Å². The maximum Gasteiger partial charge on any atom is 0.695 e. The van der Waals surface area contributed by atoms with Crippen LogP contribution in [0.3, 0.4) is 0 Å². The highest BCUT2D eigenvalue weighted by Gasteiger charge is 2.08. The van der Waals surface area contributed by atoms with Crippen LogP contribution in [-0.4, -0.2) is 16.6 Å². The molecule has 1 aromatic carbocycles. The minimum atomic E-state index is -2.53. The van der Waals surface area contributed by atoms with Crippen LogP contribution in [0.25, 0.3) is 6.08 Å². The zero-order valence-electron chi connectivity index (χ0n) is 8.04. The van der Waals surface area contributed by atoms with Crippen molar-refractivity contribution in [3.63, 3.8) is 0 Å². The number of hydrogen-bond donors (Lipinski definition) is 2. The van der Waals surface area contributed by atoms with Crippen LogP contribution >= 0.6 is 8.25 Å². The Labute approximate surface area is 88.8 Å². The second-order valence-corrected chi connectivity index (χ2v) is 3.57. The van der Waals surface area contributed by atoms with Gasteiger partial charge in [0.1, 0.15) is 6.61 Å². The van der Waals surface area contributed by atoms with Crippen molar-refractivity contribution in [2.75, 3.05) is 6.61 Å². The molecule has 0 spiro atoms. The normalized spacial score (nSPS) is 12.0. The van der Waals surface area contributed by atoms with Gasteiger partial charge < -0.3 is 5.11 Å². The van der Waals surface area contributed by atoms with Gasteiger partial charge in [0, 0.05) is 4.57 Å². The predicted molar refractivity (Wildman–Crippen MR) is 57.2 cm³/mol. The standard InChI is InChI=1S/C10H11O4P/c11-8-10-4-1-3-9(7-10)5-2-6-14-15(12)13/h1-5,7,11H,6,8H2/p+1. The molecule has 0 aromatic heterocycles. The van der Waals surface area contributed by atoms with Crippen LogP contribution in [0.1, 0.15) is 11.1 Å². The number of hydrogen-bond acceptors (Lipinski definition) is 3. The second-order valence-electron chi connectivity index (χ2n) is 2.84. The molecule has 0 saturated heterocycles. The van der Waals surface area contributed by atoms with E-state index in [4.69, 9.17) is 10.00 Å². The summed E-state index contributed by atoms with van der Waals surface area (Å²) >= 11 is 0. The molecule has 1 atom stereocenters. The highest BCUT2D eigenvalue weighted by molar-refractivity contribution is 7.32. The molecule has 0 aliphatic heterocycles. The van der Waals surface area contributed by atoms with Crippen molar-refractivity contribution < 1.29 is 19.1 Å². The third-order valence-corrected chi connectivity index (χ3v) is 2.10. The van der Waals surface area contributed by atoms with Gasteiger partial charge in [-0.15, -0.1) is 9.42 Å². The van der Waals surface area contributed by atoms with E-state index in [0.29, 0.717) is 0 Å². The summed E-state index contributed by atoms with van der Waals surface area (Å²) in [5.41, 5.74) is 1.74. The van der Waals surface area contributed by atoms with Crippen LogP contribution in [0.15, 0.2) is 30.3 Å². The molecule has 0 bridgehead atoms. The lowest BCUT2D eigenvalue weighted by atomic mass is 10.1. The fraction of sp³-hybridized carbons (Fsp3) is 0.200. The van der Waals surface area contributed by atoms with E-state index in [1.807, 2.05) is 24.3 Å². The van der Waals surface area contributed by atoms with Crippen LogP contribution in [0, 0.1) is 0 Å². The lowest BCUT2D eigenvalue weighted by Gasteiger charge is -1.96. The van der Waals surface area contributed by atoms with E-state index in [0.717, 1.165) is 11.1 Å². The van der Waals surface area contributed by atoms with Gasteiger partial charge >= 0.3 is 8.25 Å². The summed E-state index contributed by atoms with van der Waals surface area (Å²) in [7, 11) is -2.53. The van der Waals surface area contributed by atoms with Crippen LogP contribution in [-0.2, 0) is 15.7 Å². The van der Waals surface area contributed by atoms with Gasteiger partial charge in [-0.05, 0) is 17.2 Å².